The minimum atomic E-state index is 0.0308. The third-order valence-electron chi connectivity index (χ3n) is 13.4. The van der Waals surface area contributed by atoms with E-state index in [4.69, 9.17) is 4.42 Å². The van der Waals surface area contributed by atoms with Crippen molar-refractivity contribution in [2.75, 3.05) is 4.90 Å². The minimum Gasteiger partial charge on any atom is -0.455 e. The van der Waals surface area contributed by atoms with Gasteiger partial charge in [-0.25, -0.2) is 0 Å². The number of thiophene rings is 1. The lowest BCUT2D eigenvalue weighted by molar-refractivity contribution is 0.672. The first-order chi connectivity index (χ1) is 32.2. The first-order valence-corrected chi connectivity index (χ1v) is 23.2. The van der Waals surface area contributed by atoms with E-state index in [1.54, 1.807) is 0 Å². The van der Waals surface area contributed by atoms with E-state index in [0.717, 1.165) is 50.6 Å². The Kier molecular flexibility index (Phi) is 8.89. The number of furan rings is 1. The number of nitrogens with zero attached hydrogens (tertiary/aromatic N) is 1. The van der Waals surface area contributed by atoms with Gasteiger partial charge in [-0.3, -0.25) is 0 Å². The van der Waals surface area contributed by atoms with Crippen LogP contribution in [0.3, 0.4) is 0 Å². The molecule has 3 heteroatoms. The number of fused-ring (bicyclic) bond motifs is 9. The van der Waals surface area contributed by atoms with Crippen molar-refractivity contribution >= 4 is 91.9 Å². The highest BCUT2D eigenvalue weighted by atomic mass is 32.1. The van der Waals surface area contributed by atoms with E-state index < -0.39 is 0 Å². The molecule has 2 aromatic heterocycles. The van der Waals surface area contributed by atoms with E-state index in [1.165, 1.54) is 75.4 Å². The largest absolute Gasteiger partial charge is 0.455 e. The van der Waals surface area contributed by atoms with E-state index in [0.29, 0.717) is 0 Å². The molecule has 0 aliphatic heterocycles. The Morgan fingerprint density at radius 3 is 1.91 bits per heavy atom. The van der Waals surface area contributed by atoms with Gasteiger partial charge in [0, 0.05) is 37.2 Å². The average molecular weight is 848 g/mol. The molecular weight excluding hydrogens is 807 g/mol. The van der Waals surface area contributed by atoms with E-state index in [-0.39, 0.29) is 6.04 Å². The third-order valence-corrected chi connectivity index (χ3v) is 14.6. The molecule has 0 radical (unpaired) electrons. The van der Waals surface area contributed by atoms with Crippen LogP contribution in [0.25, 0.3) is 103 Å². The molecule has 0 bridgehead atoms. The second-order valence-corrected chi connectivity index (χ2v) is 18.1. The van der Waals surface area contributed by atoms with Gasteiger partial charge in [-0.05, 0) is 91.9 Å². The lowest BCUT2D eigenvalue weighted by atomic mass is 9.89. The maximum Gasteiger partial charge on any atom is 0.143 e. The summed E-state index contributed by atoms with van der Waals surface area (Å²) < 4.78 is 9.70. The molecule has 0 saturated carbocycles. The van der Waals surface area contributed by atoms with Gasteiger partial charge in [0.25, 0.3) is 0 Å². The Labute approximate surface area is 381 Å². The lowest BCUT2D eigenvalue weighted by Gasteiger charge is -2.35. The summed E-state index contributed by atoms with van der Waals surface area (Å²) in [5.74, 6) is 0. The summed E-state index contributed by atoms with van der Waals surface area (Å²) in [6, 6.07) is 77.4. The summed E-state index contributed by atoms with van der Waals surface area (Å²) in [4.78, 5) is 2.62. The molecule has 306 valence electrons. The Morgan fingerprint density at radius 1 is 0.462 bits per heavy atom. The quantitative estimate of drug-likeness (QED) is 0.159. The molecule has 0 saturated heterocycles. The van der Waals surface area contributed by atoms with E-state index in [2.05, 4.69) is 235 Å². The molecule has 12 aromatic rings. The Hall–Kier alpha value is -7.98. The predicted octanol–water partition coefficient (Wildman–Crippen LogP) is 17.8. The second kappa shape index (κ2) is 15.4. The van der Waals surface area contributed by atoms with Gasteiger partial charge < -0.3 is 9.32 Å². The molecule has 13 rings (SSSR count). The van der Waals surface area contributed by atoms with Gasteiger partial charge in [-0.1, -0.05) is 200 Å². The Balaban J connectivity index is 1.12. The van der Waals surface area contributed by atoms with Gasteiger partial charge in [0.15, 0.2) is 0 Å². The third kappa shape index (κ3) is 6.23. The Morgan fingerprint density at radius 2 is 1.11 bits per heavy atom. The normalized spacial score (nSPS) is 14.0. The van der Waals surface area contributed by atoms with Crippen LogP contribution in [0, 0.1) is 0 Å². The molecule has 2 heterocycles. The summed E-state index contributed by atoms with van der Waals surface area (Å²) in [6.45, 7) is 0. The molecule has 1 aliphatic carbocycles. The van der Waals surface area contributed by atoms with Crippen LogP contribution in [0.2, 0.25) is 0 Å². The van der Waals surface area contributed by atoms with Gasteiger partial charge in [0.1, 0.15) is 11.2 Å². The monoisotopic (exact) mass is 847 g/mol. The van der Waals surface area contributed by atoms with Crippen molar-refractivity contribution < 1.29 is 4.42 Å². The van der Waals surface area contributed by atoms with Crippen molar-refractivity contribution in [2.24, 2.45) is 0 Å². The fraction of sp³-hybridized carbons (Fsp3) is 0.0323. The van der Waals surface area contributed by atoms with Crippen molar-refractivity contribution in [2.45, 2.75) is 12.5 Å². The number of anilines is 2. The SMILES string of the molecule is C1=CC(N(c2ccc3oc4c5ccccc5c(-c5cccc6ccccc56)cc4c3c2-c2ccc(-c3ccccc3)cc2)c2cccc3c2sc2ccccc23)CC=C1c1ccccc1. The standard InChI is InChI=1S/C62H41NOS/c1-3-15-40(16-4-1)42-29-31-45(32-30-42)59-55(37-38-57-60(59)54-39-53(49-22-9-10-24-51(49)61(54)64-57)48-25-13-20-44-19-7-8-21-47(44)48)63(46-35-33-43(34-36-46)41-17-5-2-6-18-41)56-27-14-26-52-50-23-11-12-28-58(50)65-62(52)56/h1-35,37-39,46H,36H2. The highest BCUT2D eigenvalue weighted by Crippen LogP contribution is 2.51. The molecule has 0 N–H and O–H groups in total. The maximum atomic E-state index is 7.12. The van der Waals surface area contributed by atoms with Crippen molar-refractivity contribution in [3.8, 4) is 33.4 Å². The molecule has 65 heavy (non-hydrogen) atoms. The van der Waals surface area contributed by atoms with E-state index in [1.807, 2.05) is 11.3 Å². The topological polar surface area (TPSA) is 16.4 Å². The van der Waals surface area contributed by atoms with Gasteiger partial charge in [0.05, 0.1) is 22.1 Å². The minimum absolute atomic E-state index is 0.0308. The summed E-state index contributed by atoms with van der Waals surface area (Å²) >= 11 is 1.88. The van der Waals surface area contributed by atoms with Gasteiger partial charge in [-0.2, -0.15) is 0 Å². The smallest absolute Gasteiger partial charge is 0.143 e. The summed E-state index contributed by atoms with van der Waals surface area (Å²) in [7, 11) is 0. The van der Waals surface area contributed by atoms with Crippen LogP contribution in [-0.2, 0) is 0 Å². The Bertz CT molecular complexity index is 3850. The van der Waals surface area contributed by atoms with Crippen LogP contribution >= 0.6 is 11.3 Å². The number of hydrogen-bond acceptors (Lipinski definition) is 3. The molecule has 2 nitrogen and oxygen atoms in total. The molecule has 0 amide bonds. The van der Waals surface area contributed by atoms with Crippen molar-refractivity contribution in [1.29, 1.82) is 0 Å². The number of allylic oxidation sites excluding steroid dienone is 2. The highest BCUT2D eigenvalue weighted by molar-refractivity contribution is 7.26. The van der Waals surface area contributed by atoms with E-state index >= 15 is 0 Å². The van der Waals surface area contributed by atoms with Crippen LogP contribution in [0.15, 0.2) is 235 Å². The van der Waals surface area contributed by atoms with Crippen LogP contribution in [0.4, 0.5) is 11.4 Å². The van der Waals surface area contributed by atoms with Gasteiger partial charge in [0.2, 0.25) is 0 Å². The summed E-state index contributed by atoms with van der Waals surface area (Å²) in [6.07, 6.45) is 8.00. The molecule has 0 fully saturated rings. The zero-order valence-electron chi connectivity index (χ0n) is 35.5. The molecule has 1 unspecified atom stereocenters. The van der Waals surface area contributed by atoms with E-state index in [9.17, 15) is 0 Å². The van der Waals surface area contributed by atoms with Crippen molar-refractivity contribution in [3.05, 3.63) is 236 Å². The average Bonchev–Trinajstić information content (AvgIpc) is 3.96. The zero-order valence-corrected chi connectivity index (χ0v) is 36.3. The zero-order chi connectivity index (χ0) is 42.8. The van der Waals surface area contributed by atoms with Crippen LogP contribution in [-0.4, -0.2) is 6.04 Å². The molecule has 0 spiro atoms. The van der Waals surface area contributed by atoms with Crippen LogP contribution < -0.4 is 4.90 Å². The second-order valence-electron chi connectivity index (χ2n) is 17.1. The maximum absolute atomic E-state index is 7.12. The number of benzene rings is 10. The summed E-state index contributed by atoms with van der Waals surface area (Å²) in [5.41, 5.74) is 13.7. The molecule has 1 aliphatic rings. The fourth-order valence-electron chi connectivity index (χ4n) is 10.4. The first kappa shape index (κ1) is 37.6. The molecule has 1 atom stereocenters. The van der Waals surface area contributed by atoms with Gasteiger partial charge in [-0.15, -0.1) is 11.3 Å². The highest BCUT2D eigenvalue weighted by Gasteiger charge is 2.29. The summed E-state index contributed by atoms with van der Waals surface area (Å²) in [5, 5.41) is 9.54. The fourth-order valence-corrected chi connectivity index (χ4v) is 11.6. The van der Waals surface area contributed by atoms with Crippen LogP contribution in [0.5, 0.6) is 0 Å². The number of hydrogen-bond donors (Lipinski definition) is 0. The lowest BCUT2D eigenvalue weighted by Crippen LogP contribution is -2.30. The predicted molar refractivity (Wildman–Crippen MR) is 278 cm³/mol. The first-order valence-electron chi connectivity index (χ1n) is 22.4. The molecular formula is C62H41NOS. The van der Waals surface area contributed by atoms with Crippen molar-refractivity contribution in [1.82, 2.24) is 0 Å². The van der Waals surface area contributed by atoms with Crippen molar-refractivity contribution in [3.63, 3.8) is 0 Å². The van der Waals surface area contributed by atoms with Crippen LogP contribution in [0.1, 0.15) is 12.0 Å². The molecule has 10 aromatic carbocycles. The number of rotatable bonds is 7. The van der Waals surface area contributed by atoms with Gasteiger partial charge >= 0.3 is 0 Å².